The molecule has 1 aliphatic rings. The van der Waals surface area contributed by atoms with Crippen LogP contribution in [0.3, 0.4) is 0 Å². The molecule has 0 radical (unpaired) electrons. The van der Waals surface area contributed by atoms with Gasteiger partial charge in [0.15, 0.2) is 0 Å². The summed E-state index contributed by atoms with van der Waals surface area (Å²) in [5, 5.41) is 2.09. The first kappa shape index (κ1) is 10.4. The zero-order valence-corrected chi connectivity index (χ0v) is 9.75. The summed E-state index contributed by atoms with van der Waals surface area (Å²) in [5.41, 5.74) is 2.26. The fraction of sp³-hybridized carbons (Fsp3) is 0.308. The van der Waals surface area contributed by atoms with Crippen molar-refractivity contribution >= 4 is 23.2 Å². The monoisotopic (exact) mass is 218 g/mol. The molecule has 0 saturated heterocycles. The van der Waals surface area contributed by atoms with Gasteiger partial charge in [0.2, 0.25) is 0 Å². The van der Waals surface area contributed by atoms with Gasteiger partial charge in [0.1, 0.15) is 6.29 Å². The normalized spacial score (nSPS) is 25.7. The van der Waals surface area contributed by atoms with Gasteiger partial charge in [-0.15, -0.1) is 11.3 Å². The predicted octanol–water partition coefficient (Wildman–Crippen LogP) is 3.54. The summed E-state index contributed by atoms with van der Waals surface area (Å²) in [7, 11) is 0. The number of carbonyl (C=O) groups is 1. The van der Waals surface area contributed by atoms with Gasteiger partial charge in [0.05, 0.1) is 0 Å². The summed E-state index contributed by atoms with van der Waals surface area (Å²) >= 11 is 1.76. The highest BCUT2D eigenvalue weighted by atomic mass is 32.1. The fourth-order valence-electron chi connectivity index (χ4n) is 1.94. The molecule has 0 N–H and O–H groups in total. The number of carbonyl (C=O) groups excluding carboxylic acids is 1. The van der Waals surface area contributed by atoms with Gasteiger partial charge < -0.3 is 0 Å². The highest BCUT2D eigenvalue weighted by Crippen LogP contribution is 2.37. The smallest absolute Gasteiger partial charge is 0.146 e. The molecule has 0 saturated carbocycles. The molecular weight excluding hydrogens is 204 g/mol. The molecule has 0 bridgehead atoms. The van der Waals surface area contributed by atoms with Crippen molar-refractivity contribution in [2.24, 2.45) is 11.8 Å². The molecular formula is C13H14OS. The highest BCUT2D eigenvalue weighted by Gasteiger charge is 2.24. The van der Waals surface area contributed by atoms with E-state index in [1.54, 1.807) is 11.3 Å². The minimum Gasteiger partial charge on any atom is -0.298 e. The molecule has 1 heterocycles. The first-order chi connectivity index (χ1) is 7.24. The Morgan fingerprint density at radius 3 is 2.67 bits per heavy atom. The summed E-state index contributed by atoms with van der Waals surface area (Å²) in [6, 6.07) is 4.21. The van der Waals surface area contributed by atoms with E-state index in [4.69, 9.17) is 0 Å². The summed E-state index contributed by atoms with van der Waals surface area (Å²) in [4.78, 5) is 12.1. The predicted molar refractivity (Wildman–Crippen MR) is 64.8 cm³/mol. The molecule has 1 aromatic heterocycles. The zero-order valence-electron chi connectivity index (χ0n) is 8.94. The van der Waals surface area contributed by atoms with Crippen molar-refractivity contribution in [2.45, 2.75) is 13.8 Å². The van der Waals surface area contributed by atoms with Crippen LogP contribution in [-0.2, 0) is 4.79 Å². The lowest BCUT2D eigenvalue weighted by molar-refractivity contribution is -0.105. The Morgan fingerprint density at radius 2 is 2.07 bits per heavy atom. The maximum atomic E-state index is 10.8. The number of allylic oxidation sites excluding steroid dienone is 4. The highest BCUT2D eigenvalue weighted by molar-refractivity contribution is 7.11. The standard InChI is InChI=1S/C13H14OS/c1-9-10(2)12(6-5-11(9)8-14)13-4-3-7-15-13/h3-10H,1-2H3. The van der Waals surface area contributed by atoms with E-state index < -0.39 is 0 Å². The molecule has 0 amide bonds. The van der Waals surface area contributed by atoms with Crippen LogP contribution >= 0.6 is 11.3 Å². The average molecular weight is 218 g/mol. The van der Waals surface area contributed by atoms with Crippen molar-refractivity contribution in [1.82, 2.24) is 0 Å². The molecule has 2 rings (SSSR count). The summed E-state index contributed by atoms with van der Waals surface area (Å²) < 4.78 is 0. The van der Waals surface area contributed by atoms with Crippen LogP contribution in [-0.4, -0.2) is 6.29 Å². The fourth-order valence-corrected chi connectivity index (χ4v) is 2.79. The van der Waals surface area contributed by atoms with Crippen LogP contribution in [0.4, 0.5) is 0 Å². The number of rotatable bonds is 2. The molecule has 0 spiro atoms. The first-order valence-electron chi connectivity index (χ1n) is 5.15. The Bertz CT molecular complexity index is 412. The largest absolute Gasteiger partial charge is 0.298 e. The van der Waals surface area contributed by atoms with Crippen LogP contribution in [0.2, 0.25) is 0 Å². The van der Waals surface area contributed by atoms with Crippen molar-refractivity contribution in [2.75, 3.05) is 0 Å². The number of thiophene rings is 1. The van der Waals surface area contributed by atoms with Gasteiger partial charge in [-0.05, 0) is 34.4 Å². The van der Waals surface area contributed by atoms with Crippen LogP contribution in [0.5, 0.6) is 0 Å². The Balaban J connectivity index is 2.39. The Hall–Kier alpha value is -1.15. The third-order valence-electron chi connectivity index (χ3n) is 3.16. The lowest BCUT2D eigenvalue weighted by atomic mass is 9.79. The maximum Gasteiger partial charge on any atom is 0.146 e. The molecule has 0 aliphatic heterocycles. The van der Waals surface area contributed by atoms with E-state index in [-0.39, 0.29) is 0 Å². The van der Waals surface area contributed by atoms with Crippen molar-refractivity contribution in [3.05, 3.63) is 40.1 Å². The molecule has 2 atom stereocenters. The van der Waals surface area contributed by atoms with Crippen molar-refractivity contribution < 1.29 is 4.79 Å². The van der Waals surface area contributed by atoms with E-state index in [2.05, 4.69) is 37.4 Å². The molecule has 15 heavy (non-hydrogen) atoms. The van der Waals surface area contributed by atoms with Crippen LogP contribution in [0.15, 0.2) is 35.2 Å². The van der Waals surface area contributed by atoms with E-state index in [0.717, 1.165) is 11.9 Å². The van der Waals surface area contributed by atoms with Crippen LogP contribution in [0.1, 0.15) is 18.7 Å². The molecule has 1 aliphatic carbocycles. The molecule has 0 fully saturated rings. The van der Waals surface area contributed by atoms with Crippen LogP contribution in [0, 0.1) is 11.8 Å². The number of aldehydes is 1. The topological polar surface area (TPSA) is 17.1 Å². The Morgan fingerprint density at radius 1 is 1.27 bits per heavy atom. The number of hydrogen-bond donors (Lipinski definition) is 0. The van der Waals surface area contributed by atoms with Gasteiger partial charge in [0, 0.05) is 4.88 Å². The second-order valence-corrected chi connectivity index (χ2v) is 4.91. The Labute approximate surface area is 94.1 Å². The third-order valence-corrected chi connectivity index (χ3v) is 4.08. The van der Waals surface area contributed by atoms with Crippen molar-refractivity contribution in [3.63, 3.8) is 0 Å². The van der Waals surface area contributed by atoms with Gasteiger partial charge >= 0.3 is 0 Å². The van der Waals surface area contributed by atoms with E-state index in [0.29, 0.717) is 11.8 Å². The molecule has 2 heteroatoms. The van der Waals surface area contributed by atoms with Crippen LogP contribution < -0.4 is 0 Å². The van der Waals surface area contributed by atoms with Gasteiger partial charge in [-0.1, -0.05) is 32.1 Å². The molecule has 0 aromatic carbocycles. The minimum absolute atomic E-state index is 0.324. The molecule has 78 valence electrons. The first-order valence-corrected chi connectivity index (χ1v) is 6.03. The van der Waals surface area contributed by atoms with Gasteiger partial charge in [-0.3, -0.25) is 4.79 Å². The number of hydrogen-bond acceptors (Lipinski definition) is 2. The lowest BCUT2D eigenvalue weighted by Crippen LogP contribution is -2.16. The van der Waals surface area contributed by atoms with Crippen molar-refractivity contribution in [1.29, 1.82) is 0 Å². The van der Waals surface area contributed by atoms with Gasteiger partial charge in [-0.25, -0.2) is 0 Å². The third kappa shape index (κ3) is 1.82. The van der Waals surface area contributed by atoms with Gasteiger partial charge in [-0.2, -0.15) is 0 Å². The molecule has 1 aromatic rings. The Kier molecular flexibility index (Phi) is 2.87. The summed E-state index contributed by atoms with van der Waals surface area (Å²) in [5.74, 6) is 0.749. The quantitative estimate of drug-likeness (QED) is 0.694. The van der Waals surface area contributed by atoms with E-state index >= 15 is 0 Å². The second-order valence-electron chi connectivity index (χ2n) is 3.96. The molecule has 1 nitrogen and oxygen atoms in total. The summed E-state index contributed by atoms with van der Waals surface area (Å²) in [6.45, 7) is 4.30. The average Bonchev–Trinajstić information content (AvgIpc) is 2.75. The minimum atomic E-state index is 0.324. The maximum absolute atomic E-state index is 10.8. The van der Waals surface area contributed by atoms with E-state index in [1.165, 1.54) is 10.5 Å². The second kappa shape index (κ2) is 4.15. The van der Waals surface area contributed by atoms with Gasteiger partial charge in [0.25, 0.3) is 0 Å². The zero-order chi connectivity index (χ0) is 10.8. The molecule has 2 unspecified atom stereocenters. The van der Waals surface area contributed by atoms with Crippen molar-refractivity contribution in [3.8, 4) is 0 Å². The SMILES string of the molecule is CC1C(C=O)=CC=C(c2cccs2)C1C. The van der Waals surface area contributed by atoms with E-state index in [9.17, 15) is 4.79 Å². The lowest BCUT2D eigenvalue weighted by Gasteiger charge is -2.25. The van der Waals surface area contributed by atoms with Crippen LogP contribution in [0.25, 0.3) is 5.57 Å². The van der Waals surface area contributed by atoms with E-state index in [1.807, 2.05) is 6.08 Å². The summed E-state index contributed by atoms with van der Waals surface area (Å²) in [6.07, 6.45) is 5.01.